The molecule has 0 bridgehead atoms. The SMILES string of the molecule is C1CCN(C2CCC2)CC1.Cc1ccc(S)cc1. The van der Waals surface area contributed by atoms with Crippen molar-refractivity contribution in [2.45, 2.75) is 56.4 Å². The van der Waals surface area contributed by atoms with Crippen LogP contribution in [0.5, 0.6) is 0 Å². The van der Waals surface area contributed by atoms with E-state index in [0.29, 0.717) is 0 Å². The van der Waals surface area contributed by atoms with E-state index in [1.54, 1.807) is 0 Å². The van der Waals surface area contributed by atoms with E-state index in [4.69, 9.17) is 0 Å². The molecule has 1 nitrogen and oxygen atoms in total. The van der Waals surface area contributed by atoms with E-state index in [1.807, 2.05) is 24.3 Å². The summed E-state index contributed by atoms with van der Waals surface area (Å²) in [5, 5.41) is 0. The first-order valence-electron chi connectivity index (χ1n) is 7.25. The quantitative estimate of drug-likeness (QED) is 0.739. The molecular formula is C16H25NS. The minimum Gasteiger partial charge on any atom is -0.300 e. The highest BCUT2D eigenvalue weighted by Gasteiger charge is 2.25. The molecule has 100 valence electrons. The lowest BCUT2D eigenvalue weighted by molar-refractivity contribution is 0.105. The minimum atomic E-state index is 1.00. The Morgan fingerprint density at radius 1 is 0.944 bits per heavy atom. The number of benzene rings is 1. The Balaban J connectivity index is 0.000000138. The summed E-state index contributed by atoms with van der Waals surface area (Å²) >= 11 is 4.13. The fraction of sp³-hybridized carbons (Fsp3) is 0.625. The highest BCUT2D eigenvalue weighted by Crippen LogP contribution is 2.26. The molecule has 0 aromatic heterocycles. The number of piperidine rings is 1. The van der Waals surface area contributed by atoms with E-state index in [0.717, 1.165) is 10.9 Å². The first-order chi connectivity index (χ1) is 8.75. The van der Waals surface area contributed by atoms with Crippen LogP contribution in [0.1, 0.15) is 44.1 Å². The Hall–Kier alpha value is -0.470. The van der Waals surface area contributed by atoms with Crippen LogP contribution in [-0.4, -0.2) is 24.0 Å². The van der Waals surface area contributed by atoms with Crippen LogP contribution in [0, 0.1) is 6.92 Å². The molecule has 18 heavy (non-hydrogen) atoms. The van der Waals surface area contributed by atoms with Crippen molar-refractivity contribution in [1.29, 1.82) is 0 Å². The molecule has 3 rings (SSSR count). The van der Waals surface area contributed by atoms with Gasteiger partial charge in [-0.05, 0) is 57.8 Å². The summed E-state index contributed by atoms with van der Waals surface area (Å²) in [5.41, 5.74) is 1.28. The van der Waals surface area contributed by atoms with Gasteiger partial charge in [0.25, 0.3) is 0 Å². The normalized spacial score (nSPS) is 20.8. The van der Waals surface area contributed by atoms with Crippen LogP contribution in [-0.2, 0) is 0 Å². The number of hydrogen-bond acceptors (Lipinski definition) is 2. The highest BCUT2D eigenvalue weighted by atomic mass is 32.1. The zero-order chi connectivity index (χ0) is 12.8. The van der Waals surface area contributed by atoms with Gasteiger partial charge in [0.2, 0.25) is 0 Å². The maximum Gasteiger partial charge on any atom is 0.00952 e. The molecule has 1 aromatic carbocycles. The fourth-order valence-corrected chi connectivity index (χ4v) is 2.73. The van der Waals surface area contributed by atoms with Gasteiger partial charge < -0.3 is 4.90 Å². The van der Waals surface area contributed by atoms with Gasteiger partial charge in [-0.25, -0.2) is 0 Å². The van der Waals surface area contributed by atoms with Crippen molar-refractivity contribution in [3.8, 4) is 0 Å². The van der Waals surface area contributed by atoms with Crippen molar-refractivity contribution >= 4 is 12.6 Å². The Morgan fingerprint density at radius 2 is 1.56 bits per heavy atom. The summed E-state index contributed by atoms with van der Waals surface area (Å²) in [7, 11) is 0. The van der Waals surface area contributed by atoms with Gasteiger partial charge in [-0.3, -0.25) is 0 Å². The van der Waals surface area contributed by atoms with Crippen LogP contribution >= 0.6 is 12.6 Å². The summed E-state index contributed by atoms with van der Waals surface area (Å²) in [5.74, 6) is 0. The molecule has 1 aliphatic carbocycles. The van der Waals surface area contributed by atoms with Gasteiger partial charge in [-0.2, -0.15) is 0 Å². The average Bonchev–Trinajstić information content (AvgIpc) is 2.33. The second-order valence-corrected chi connectivity index (χ2v) is 6.03. The minimum absolute atomic E-state index is 1.00. The van der Waals surface area contributed by atoms with E-state index in [2.05, 4.69) is 24.5 Å². The zero-order valence-corrected chi connectivity index (χ0v) is 12.3. The predicted molar refractivity (Wildman–Crippen MR) is 81.5 cm³/mol. The molecule has 1 aromatic rings. The first-order valence-corrected chi connectivity index (χ1v) is 7.70. The summed E-state index contributed by atoms with van der Waals surface area (Å²) in [6.45, 7) is 4.85. The topological polar surface area (TPSA) is 3.24 Å². The lowest BCUT2D eigenvalue weighted by atomic mass is 9.90. The Labute approximate surface area is 117 Å². The van der Waals surface area contributed by atoms with Gasteiger partial charge >= 0.3 is 0 Å². The van der Waals surface area contributed by atoms with Crippen molar-refractivity contribution in [1.82, 2.24) is 4.90 Å². The third-order valence-corrected chi connectivity index (χ3v) is 4.31. The molecule has 0 radical (unpaired) electrons. The van der Waals surface area contributed by atoms with Crippen LogP contribution in [0.15, 0.2) is 29.2 Å². The number of likely N-dealkylation sites (tertiary alicyclic amines) is 1. The third kappa shape index (κ3) is 4.33. The van der Waals surface area contributed by atoms with E-state index >= 15 is 0 Å². The third-order valence-electron chi connectivity index (χ3n) is 4.02. The lowest BCUT2D eigenvalue weighted by Crippen LogP contribution is -2.42. The van der Waals surface area contributed by atoms with Gasteiger partial charge in [0, 0.05) is 10.9 Å². The molecule has 0 unspecified atom stereocenters. The van der Waals surface area contributed by atoms with Crippen LogP contribution in [0.25, 0.3) is 0 Å². The smallest absolute Gasteiger partial charge is 0.00952 e. The van der Waals surface area contributed by atoms with E-state index in [-0.39, 0.29) is 0 Å². The zero-order valence-electron chi connectivity index (χ0n) is 11.4. The van der Waals surface area contributed by atoms with Gasteiger partial charge in [-0.1, -0.05) is 30.5 Å². The van der Waals surface area contributed by atoms with Crippen LogP contribution in [0.2, 0.25) is 0 Å². The van der Waals surface area contributed by atoms with Crippen molar-refractivity contribution in [2.24, 2.45) is 0 Å². The van der Waals surface area contributed by atoms with Crippen molar-refractivity contribution in [2.75, 3.05) is 13.1 Å². The first kappa shape index (κ1) is 14.0. The summed E-state index contributed by atoms with van der Waals surface area (Å²) in [4.78, 5) is 3.73. The summed E-state index contributed by atoms with van der Waals surface area (Å²) in [6.07, 6.45) is 8.84. The van der Waals surface area contributed by atoms with Crippen LogP contribution in [0.4, 0.5) is 0 Å². The molecule has 0 N–H and O–H groups in total. The Bertz CT molecular complexity index is 316. The number of aryl methyl sites for hydroxylation is 1. The van der Waals surface area contributed by atoms with Gasteiger partial charge in [0.1, 0.15) is 0 Å². The maximum absolute atomic E-state index is 4.13. The lowest BCUT2D eigenvalue weighted by Gasteiger charge is -2.39. The van der Waals surface area contributed by atoms with Crippen molar-refractivity contribution in [3.63, 3.8) is 0 Å². The molecule has 1 saturated carbocycles. The fourth-order valence-electron chi connectivity index (χ4n) is 2.58. The molecule has 2 heteroatoms. The number of thiol groups is 1. The Morgan fingerprint density at radius 3 is 2.00 bits per heavy atom. The molecule has 0 atom stereocenters. The molecule has 1 aliphatic heterocycles. The molecule has 2 aliphatic rings. The second kappa shape index (κ2) is 7.20. The number of hydrogen-bond donors (Lipinski definition) is 1. The monoisotopic (exact) mass is 263 g/mol. The molecule has 0 amide bonds. The summed E-state index contributed by atoms with van der Waals surface area (Å²) < 4.78 is 0. The standard InChI is InChI=1S/C9H17N.C7H8S/c1-2-7-10(8-3-1)9-5-4-6-9;1-6-2-4-7(8)5-3-6/h9H,1-8H2;2-5,8H,1H3. The Kier molecular flexibility index (Phi) is 5.58. The van der Waals surface area contributed by atoms with Gasteiger partial charge in [0.05, 0.1) is 0 Å². The average molecular weight is 263 g/mol. The highest BCUT2D eigenvalue weighted by molar-refractivity contribution is 7.80. The second-order valence-electron chi connectivity index (χ2n) is 5.52. The van der Waals surface area contributed by atoms with Crippen LogP contribution in [0.3, 0.4) is 0 Å². The van der Waals surface area contributed by atoms with E-state index in [1.165, 1.54) is 57.2 Å². The van der Waals surface area contributed by atoms with Gasteiger partial charge in [0.15, 0.2) is 0 Å². The molecule has 0 spiro atoms. The van der Waals surface area contributed by atoms with E-state index in [9.17, 15) is 0 Å². The maximum atomic E-state index is 4.13. The molecule has 1 saturated heterocycles. The van der Waals surface area contributed by atoms with Crippen LogP contribution < -0.4 is 0 Å². The number of rotatable bonds is 1. The largest absolute Gasteiger partial charge is 0.300 e. The predicted octanol–water partition coefficient (Wildman–Crippen LogP) is 4.31. The van der Waals surface area contributed by atoms with Crippen molar-refractivity contribution in [3.05, 3.63) is 29.8 Å². The molecular weight excluding hydrogens is 238 g/mol. The molecule has 1 heterocycles. The van der Waals surface area contributed by atoms with Crippen molar-refractivity contribution < 1.29 is 0 Å². The summed E-state index contributed by atoms with van der Waals surface area (Å²) in [6, 6.07) is 9.06. The van der Waals surface area contributed by atoms with Gasteiger partial charge in [-0.15, -0.1) is 12.6 Å². The molecule has 2 fully saturated rings. The van der Waals surface area contributed by atoms with E-state index < -0.39 is 0 Å². The number of nitrogens with zero attached hydrogens (tertiary/aromatic N) is 1.